The van der Waals surface area contributed by atoms with Crippen molar-refractivity contribution in [1.29, 1.82) is 10.5 Å². The molecule has 2 heterocycles. The first-order chi connectivity index (χ1) is 16.6. The second-order valence-corrected chi connectivity index (χ2v) is 13.5. The maximum Gasteiger partial charge on any atom is 0.335 e. The standard InChI is InChI=1S/C28H20BN3OSi/c1-34(2)25-15-7-9-19(17-30)27(25)32(28-20(18-31)10-8-16-26(28)34)29-21-11-3-5-13-23(21)33-24-14-6-4-12-22(24)29/h3-16H,1-2H3. The van der Waals surface area contributed by atoms with Crippen LogP contribution in [0, 0.1) is 22.7 Å². The van der Waals surface area contributed by atoms with Crippen LogP contribution in [0.15, 0.2) is 84.9 Å². The third-order valence-electron chi connectivity index (χ3n) is 7.05. The Labute approximate surface area is 200 Å². The molecule has 4 nitrogen and oxygen atoms in total. The average Bonchev–Trinajstić information content (AvgIpc) is 2.87. The number of para-hydroxylation sites is 4. The van der Waals surface area contributed by atoms with E-state index in [1.807, 2.05) is 60.7 Å². The van der Waals surface area contributed by atoms with Gasteiger partial charge in [-0.2, -0.15) is 10.5 Å². The van der Waals surface area contributed by atoms with Crippen molar-refractivity contribution in [2.24, 2.45) is 0 Å². The maximum absolute atomic E-state index is 10.2. The van der Waals surface area contributed by atoms with Gasteiger partial charge in [0.1, 0.15) is 31.7 Å². The van der Waals surface area contributed by atoms with Gasteiger partial charge in [-0.15, -0.1) is 0 Å². The van der Waals surface area contributed by atoms with Crippen molar-refractivity contribution in [3.8, 4) is 23.6 Å². The van der Waals surface area contributed by atoms with E-state index in [2.05, 4.69) is 54.3 Å². The van der Waals surface area contributed by atoms with Gasteiger partial charge in [0, 0.05) is 11.4 Å². The lowest BCUT2D eigenvalue weighted by Gasteiger charge is -2.46. The predicted molar refractivity (Wildman–Crippen MR) is 139 cm³/mol. The van der Waals surface area contributed by atoms with Gasteiger partial charge in [-0.25, -0.2) is 0 Å². The average molecular weight is 453 g/mol. The molecule has 2 aliphatic heterocycles. The molecule has 160 valence electrons. The van der Waals surface area contributed by atoms with Crippen LogP contribution in [0.25, 0.3) is 0 Å². The van der Waals surface area contributed by atoms with Crippen LogP contribution in [0.5, 0.6) is 11.5 Å². The molecule has 0 saturated heterocycles. The molecule has 6 rings (SSSR count). The fraction of sp³-hybridized carbons (Fsp3) is 0.0714. The van der Waals surface area contributed by atoms with Gasteiger partial charge in [-0.3, -0.25) is 0 Å². The normalized spacial score (nSPS) is 14.5. The van der Waals surface area contributed by atoms with Crippen LogP contribution in [-0.2, 0) is 0 Å². The topological polar surface area (TPSA) is 60.1 Å². The third-order valence-corrected chi connectivity index (χ3v) is 10.5. The molecule has 4 aromatic rings. The predicted octanol–water partition coefficient (Wildman–Crippen LogP) is 3.62. The largest absolute Gasteiger partial charge is 0.458 e. The Bertz CT molecular complexity index is 1450. The van der Waals surface area contributed by atoms with E-state index in [-0.39, 0.29) is 6.85 Å². The van der Waals surface area contributed by atoms with Crippen LogP contribution in [0.2, 0.25) is 13.1 Å². The molecule has 4 aromatic carbocycles. The summed E-state index contributed by atoms with van der Waals surface area (Å²) >= 11 is 0. The molecule has 0 N–H and O–H groups in total. The first kappa shape index (κ1) is 20.4. The van der Waals surface area contributed by atoms with Crippen molar-refractivity contribution in [2.75, 3.05) is 4.81 Å². The Kier molecular flexibility index (Phi) is 4.42. The van der Waals surface area contributed by atoms with Gasteiger partial charge in [-0.05, 0) is 45.6 Å². The van der Waals surface area contributed by atoms with Crippen molar-refractivity contribution >= 4 is 47.6 Å². The quantitative estimate of drug-likeness (QED) is 0.413. The number of hydrogen-bond donors (Lipinski definition) is 0. The number of hydrogen-bond acceptors (Lipinski definition) is 4. The molecule has 0 unspecified atom stereocenters. The van der Waals surface area contributed by atoms with Crippen LogP contribution in [0.1, 0.15) is 11.1 Å². The molecule has 34 heavy (non-hydrogen) atoms. The smallest absolute Gasteiger partial charge is 0.335 e. The third kappa shape index (κ3) is 2.70. The molecule has 0 bridgehead atoms. The van der Waals surface area contributed by atoms with E-state index >= 15 is 0 Å². The number of nitriles is 2. The molecular weight excluding hydrogens is 433 g/mol. The van der Waals surface area contributed by atoms with Crippen LogP contribution in [0.4, 0.5) is 11.4 Å². The van der Waals surface area contributed by atoms with Crippen molar-refractivity contribution in [1.82, 2.24) is 0 Å². The molecule has 0 saturated carbocycles. The molecule has 0 atom stereocenters. The SMILES string of the molecule is C[Si]1(C)c2cccc(C#N)c2N(B2c3ccccc3Oc3ccccc32)c2c(C#N)cccc21. The number of anilines is 2. The summed E-state index contributed by atoms with van der Waals surface area (Å²) in [6, 6.07) is 33.0. The van der Waals surface area contributed by atoms with Crippen molar-refractivity contribution in [3.63, 3.8) is 0 Å². The summed E-state index contributed by atoms with van der Waals surface area (Å²) < 4.78 is 6.28. The molecule has 0 spiro atoms. The van der Waals surface area contributed by atoms with E-state index in [0.717, 1.165) is 33.8 Å². The van der Waals surface area contributed by atoms with Gasteiger partial charge in [-0.1, -0.05) is 73.8 Å². The van der Waals surface area contributed by atoms with Crippen LogP contribution < -0.4 is 30.8 Å². The highest BCUT2D eigenvalue weighted by atomic mass is 28.3. The van der Waals surface area contributed by atoms with Crippen LogP contribution in [-0.4, -0.2) is 14.9 Å². The second-order valence-electron chi connectivity index (χ2n) is 9.20. The Morgan fingerprint density at radius 2 is 1.15 bits per heavy atom. The molecular formula is C28H20BN3OSi. The highest BCUT2D eigenvalue weighted by Crippen LogP contribution is 2.39. The summed E-state index contributed by atoms with van der Waals surface area (Å²) in [5.74, 6) is 1.58. The Morgan fingerprint density at radius 1 is 0.676 bits per heavy atom. The molecule has 2 aliphatic rings. The zero-order valence-corrected chi connectivity index (χ0v) is 19.9. The zero-order chi connectivity index (χ0) is 23.4. The zero-order valence-electron chi connectivity index (χ0n) is 18.9. The maximum atomic E-state index is 10.2. The number of benzene rings is 4. The van der Waals surface area contributed by atoms with Gasteiger partial charge >= 0.3 is 6.85 Å². The van der Waals surface area contributed by atoms with Crippen molar-refractivity contribution in [2.45, 2.75) is 13.1 Å². The minimum Gasteiger partial charge on any atom is -0.458 e. The van der Waals surface area contributed by atoms with Crippen LogP contribution in [0.3, 0.4) is 0 Å². The van der Waals surface area contributed by atoms with E-state index in [1.54, 1.807) is 0 Å². The first-order valence-electron chi connectivity index (χ1n) is 11.3. The molecule has 0 aromatic heterocycles. The molecule has 0 fully saturated rings. The van der Waals surface area contributed by atoms with Gasteiger partial charge in [0.2, 0.25) is 0 Å². The van der Waals surface area contributed by atoms with Gasteiger partial charge in [0.15, 0.2) is 0 Å². The summed E-state index contributed by atoms with van der Waals surface area (Å²) in [6.07, 6.45) is 0. The van der Waals surface area contributed by atoms with Crippen molar-refractivity contribution < 1.29 is 4.74 Å². The highest BCUT2D eigenvalue weighted by Gasteiger charge is 2.46. The van der Waals surface area contributed by atoms with Gasteiger partial charge in [0.05, 0.1) is 11.1 Å². The molecule has 6 heteroatoms. The summed E-state index contributed by atoms with van der Waals surface area (Å²) in [5.41, 5.74) is 5.09. The minimum atomic E-state index is -2.19. The van der Waals surface area contributed by atoms with Crippen molar-refractivity contribution in [3.05, 3.63) is 96.1 Å². The number of fused-ring (bicyclic) bond motifs is 4. The van der Waals surface area contributed by atoms with Gasteiger partial charge in [0.25, 0.3) is 0 Å². The van der Waals surface area contributed by atoms with E-state index in [0.29, 0.717) is 11.1 Å². The molecule has 0 amide bonds. The van der Waals surface area contributed by atoms with Crippen LogP contribution >= 0.6 is 0 Å². The minimum absolute atomic E-state index is 0.243. The lowest BCUT2D eigenvalue weighted by atomic mass is 9.47. The van der Waals surface area contributed by atoms with Gasteiger partial charge < -0.3 is 9.55 Å². The van der Waals surface area contributed by atoms with E-state index in [9.17, 15) is 10.5 Å². The Hall–Kier alpha value is -4.26. The number of ether oxygens (including phenoxy) is 1. The lowest BCUT2D eigenvalue weighted by molar-refractivity contribution is 0.487. The Morgan fingerprint density at radius 3 is 1.62 bits per heavy atom. The van der Waals surface area contributed by atoms with E-state index < -0.39 is 8.07 Å². The molecule has 0 aliphatic carbocycles. The van der Waals surface area contributed by atoms with E-state index in [1.165, 1.54) is 10.4 Å². The summed E-state index contributed by atoms with van der Waals surface area (Å²) in [4.78, 5) is 2.24. The fourth-order valence-electron chi connectivity index (χ4n) is 5.47. The summed E-state index contributed by atoms with van der Waals surface area (Å²) in [6.45, 7) is 4.36. The number of rotatable bonds is 1. The van der Waals surface area contributed by atoms with E-state index in [4.69, 9.17) is 4.74 Å². The summed E-state index contributed by atoms with van der Waals surface area (Å²) in [5, 5.41) is 22.8. The first-order valence-corrected chi connectivity index (χ1v) is 14.3. The lowest BCUT2D eigenvalue weighted by Crippen LogP contribution is -2.66. The summed E-state index contributed by atoms with van der Waals surface area (Å²) in [7, 11) is -2.19. The monoisotopic (exact) mass is 453 g/mol. The highest BCUT2D eigenvalue weighted by molar-refractivity contribution is 7.04. The second kappa shape index (κ2) is 7.38. The Balaban J connectivity index is 1.77. The molecule has 0 radical (unpaired) electrons. The number of nitrogens with zero attached hydrogens (tertiary/aromatic N) is 3. The fourth-order valence-corrected chi connectivity index (χ4v) is 8.48.